The van der Waals surface area contributed by atoms with Crippen molar-refractivity contribution < 1.29 is 8.83 Å². The lowest BCUT2D eigenvalue weighted by Gasteiger charge is -2.29. The minimum absolute atomic E-state index is 0.152. The summed E-state index contributed by atoms with van der Waals surface area (Å²) in [6.45, 7) is 19.3. The number of nitrogens with zero attached hydrogens (tertiary/aromatic N) is 2. The molecule has 566 valence electrons. The molecule has 0 bridgehead atoms. The minimum Gasteiger partial charge on any atom is -0.456 e. The summed E-state index contributed by atoms with van der Waals surface area (Å²) in [6, 6.07) is 129. The van der Waals surface area contributed by atoms with Gasteiger partial charge in [0.2, 0.25) is 0 Å². The van der Waals surface area contributed by atoms with E-state index in [1.165, 1.54) is 181 Å². The Balaban J connectivity index is 0.546. The van der Waals surface area contributed by atoms with Crippen molar-refractivity contribution in [2.24, 2.45) is 0 Å². The molecule has 0 aliphatic heterocycles. The monoisotopic (exact) mass is 1530 g/mol. The third kappa shape index (κ3) is 9.25. The molecule has 0 fully saturated rings. The minimum atomic E-state index is -0.339. The highest BCUT2D eigenvalue weighted by Gasteiger charge is 2.43. The molecule has 0 unspecified atom stereocenters. The number of hydrogen-bond donors (Lipinski definition) is 0. The van der Waals surface area contributed by atoms with Gasteiger partial charge in [0.25, 0.3) is 0 Å². The molecule has 0 spiro atoms. The van der Waals surface area contributed by atoms with E-state index in [2.05, 4.69) is 405 Å². The van der Waals surface area contributed by atoms with E-state index in [0.717, 1.165) is 83.6 Å². The van der Waals surface area contributed by atoms with Gasteiger partial charge in [-0.25, -0.2) is 0 Å². The van der Waals surface area contributed by atoms with E-state index in [-0.39, 0.29) is 21.7 Å². The predicted molar refractivity (Wildman–Crippen MR) is 506 cm³/mol. The van der Waals surface area contributed by atoms with Crippen LogP contribution in [-0.2, 0) is 21.7 Å². The van der Waals surface area contributed by atoms with E-state index < -0.39 is 0 Å². The van der Waals surface area contributed by atoms with Crippen molar-refractivity contribution in [2.75, 3.05) is 9.80 Å². The quantitative estimate of drug-likeness (QED) is 0.149. The van der Waals surface area contributed by atoms with Gasteiger partial charge in [-0.15, -0.1) is 0 Å². The molecule has 0 saturated carbocycles. The molecule has 0 radical (unpaired) electrons. The Morgan fingerprint density at radius 3 is 1.17 bits per heavy atom. The second kappa shape index (κ2) is 23.7. The summed E-state index contributed by atoms with van der Waals surface area (Å²) in [5.74, 6) is 0. The maximum atomic E-state index is 7.11. The lowest BCUT2D eigenvalue weighted by molar-refractivity contribution is 0.657. The lowest BCUT2D eigenvalue weighted by atomic mass is 9.78. The van der Waals surface area contributed by atoms with Gasteiger partial charge in [-0.05, 0) is 326 Å². The molecule has 4 aliphatic rings. The van der Waals surface area contributed by atoms with Crippen molar-refractivity contribution in [3.63, 3.8) is 0 Å². The van der Waals surface area contributed by atoms with Gasteiger partial charge >= 0.3 is 0 Å². The van der Waals surface area contributed by atoms with Gasteiger partial charge in [0, 0.05) is 77.3 Å². The van der Waals surface area contributed by atoms with Crippen molar-refractivity contribution >= 4 is 164 Å². The van der Waals surface area contributed by atoms with Gasteiger partial charge in [0.05, 0.1) is 0 Å². The maximum Gasteiger partial charge on any atom is 0.136 e. The maximum absolute atomic E-state index is 7.11. The molecule has 0 atom stereocenters. The van der Waals surface area contributed by atoms with Crippen LogP contribution in [0.2, 0.25) is 0 Å². The van der Waals surface area contributed by atoms with E-state index in [1.54, 1.807) is 0 Å². The van der Waals surface area contributed by atoms with Gasteiger partial charge in [-0.2, -0.15) is 0 Å². The number of para-hydroxylation sites is 1. The third-order valence-corrected chi connectivity index (χ3v) is 28.8. The fraction of sp³-hybridized carbons (Fsp3) is 0.103. The Morgan fingerprint density at radius 1 is 0.175 bits per heavy atom. The van der Waals surface area contributed by atoms with Crippen molar-refractivity contribution in [3.8, 4) is 55.6 Å². The molecular formula is C116H80N2O2. The highest BCUT2D eigenvalue weighted by Crippen LogP contribution is 2.60. The summed E-state index contributed by atoms with van der Waals surface area (Å²) < 4.78 is 13.7. The smallest absolute Gasteiger partial charge is 0.136 e. The van der Waals surface area contributed by atoms with E-state index >= 15 is 0 Å². The zero-order chi connectivity index (χ0) is 79.9. The number of hydrogen-bond acceptors (Lipinski definition) is 4. The number of anilines is 6. The molecule has 2 heterocycles. The SMILES string of the molecule is CC1(C)c2cc3ccccc3cc2-c2cc3ccc(N(c4ccc5c(c4)C(C)(C)c4cc6c(cc4-5)oc4cc(-c5cccc7c8c(ccc57)-c5ccc7cc(N(c9ccc%10c(c9)C(C)(C)c9cc%11c(cc9-%10)oc9ccccc9%11)c9ccc%10c%11ccccc%11c%11ccccc%11c%10c9)ccc7c5C8(C)C)ccc46)c4ccc5ccccc5c4)cc3cc21. The van der Waals surface area contributed by atoms with Crippen LogP contribution in [0.15, 0.2) is 349 Å². The second-order valence-electron chi connectivity index (χ2n) is 36.6. The third-order valence-electron chi connectivity index (χ3n) is 28.8. The van der Waals surface area contributed by atoms with Gasteiger partial charge in [0.15, 0.2) is 0 Å². The van der Waals surface area contributed by atoms with Crippen molar-refractivity contribution in [3.05, 3.63) is 384 Å². The number of fused-ring (bicyclic) bond motifs is 31. The van der Waals surface area contributed by atoms with Gasteiger partial charge in [0.1, 0.15) is 22.3 Å². The second-order valence-corrected chi connectivity index (χ2v) is 36.6. The highest BCUT2D eigenvalue weighted by molar-refractivity contribution is 6.26. The number of rotatable bonds is 7. The summed E-state index contributed by atoms with van der Waals surface area (Å²) in [6.07, 6.45) is 0. The van der Waals surface area contributed by atoms with Crippen LogP contribution in [0.5, 0.6) is 0 Å². The van der Waals surface area contributed by atoms with Crippen molar-refractivity contribution in [1.82, 2.24) is 0 Å². The molecule has 4 nitrogen and oxygen atoms in total. The summed E-state index contributed by atoms with van der Waals surface area (Å²) in [5.41, 5.74) is 32.6. The summed E-state index contributed by atoms with van der Waals surface area (Å²) in [5, 5.41) is 24.6. The largest absolute Gasteiger partial charge is 0.456 e. The van der Waals surface area contributed by atoms with E-state index in [9.17, 15) is 0 Å². The molecule has 0 saturated heterocycles. The first-order valence-electron chi connectivity index (χ1n) is 42.4. The Bertz CT molecular complexity index is 8410. The van der Waals surface area contributed by atoms with Crippen LogP contribution in [0.4, 0.5) is 34.1 Å². The molecule has 22 aromatic rings. The van der Waals surface area contributed by atoms with E-state index in [4.69, 9.17) is 8.83 Å². The highest BCUT2D eigenvalue weighted by atomic mass is 16.3. The molecule has 120 heavy (non-hydrogen) atoms. The zero-order valence-electron chi connectivity index (χ0n) is 68.0. The fourth-order valence-corrected chi connectivity index (χ4v) is 22.9. The fourth-order valence-electron chi connectivity index (χ4n) is 22.9. The normalized spacial score (nSPS) is 14.8. The van der Waals surface area contributed by atoms with Gasteiger partial charge in [-0.3, -0.25) is 0 Å². The molecule has 0 N–H and O–H groups in total. The van der Waals surface area contributed by atoms with Crippen LogP contribution in [0.3, 0.4) is 0 Å². The molecular weight excluding hydrogens is 1450 g/mol. The van der Waals surface area contributed by atoms with Crippen LogP contribution in [0.25, 0.3) is 186 Å². The lowest BCUT2D eigenvalue weighted by Crippen LogP contribution is -2.17. The molecule has 20 aromatic carbocycles. The van der Waals surface area contributed by atoms with Crippen LogP contribution in [-0.4, -0.2) is 0 Å². The first-order valence-corrected chi connectivity index (χ1v) is 42.4. The Kier molecular flexibility index (Phi) is 13.4. The predicted octanol–water partition coefficient (Wildman–Crippen LogP) is 32.5. The topological polar surface area (TPSA) is 32.8 Å². The molecule has 2 aromatic heterocycles. The first kappa shape index (κ1) is 67.8. The number of furan rings is 2. The Hall–Kier alpha value is -14.3. The summed E-state index contributed by atoms with van der Waals surface area (Å²) >= 11 is 0. The van der Waals surface area contributed by atoms with E-state index in [0.29, 0.717) is 0 Å². The zero-order valence-corrected chi connectivity index (χ0v) is 68.0. The Labute approximate surface area is 695 Å². The van der Waals surface area contributed by atoms with Crippen molar-refractivity contribution in [2.45, 2.75) is 77.0 Å². The summed E-state index contributed by atoms with van der Waals surface area (Å²) in [4.78, 5) is 4.98. The first-order chi connectivity index (χ1) is 58.4. The molecule has 0 amide bonds. The average molecular weight is 1530 g/mol. The van der Waals surface area contributed by atoms with Crippen LogP contribution < -0.4 is 9.80 Å². The van der Waals surface area contributed by atoms with Crippen LogP contribution >= 0.6 is 0 Å². The van der Waals surface area contributed by atoms with Crippen LogP contribution in [0, 0.1) is 0 Å². The molecule has 4 heteroatoms. The average Bonchev–Trinajstić information content (AvgIpc) is 1.59. The Morgan fingerprint density at radius 2 is 0.542 bits per heavy atom. The molecule has 4 aliphatic carbocycles. The van der Waals surface area contributed by atoms with Gasteiger partial charge < -0.3 is 18.6 Å². The summed E-state index contributed by atoms with van der Waals surface area (Å²) in [7, 11) is 0. The number of benzene rings is 20. The molecule has 26 rings (SSSR count). The van der Waals surface area contributed by atoms with E-state index in [1.807, 2.05) is 0 Å². The van der Waals surface area contributed by atoms with Crippen molar-refractivity contribution in [1.29, 1.82) is 0 Å². The van der Waals surface area contributed by atoms with Gasteiger partial charge in [-0.1, -0.05) is 256 Å². The van der Waals surface area contributed by atoms with Crippen LogP contribution in [0.1, 0.15) is 99.9 Å². The standard InChI is InChI=1S/C116H80N2O2/c1-113(2)101-55-68-23-12-11-22-67(68)53-95(101)96-54-69-33-37-74(52-72(69)56-102(96)113)117(73-36-32-65-20-9-10-21-66(65)50-73)77-40-46-88-98-64-110-100(62-106(98)115(5,6)103(88)59-77)90-42-34-71(57-108(90)120-110)79-29-19-30-91-85(79)48-49-93-92-43-35-70-51-75(38-44-80(70)111(92)116(7,8)112(91)93)118(76-39-45-86-83-26-14-13-24-81(83)82-25-15-16-27-84(82)94(86)58-76)78-41-47-87-97-63-109-99(89-28-17-18-31-107(89)119-109)61-105(97)114(3,4)104(87)60-78/h9-64H,1-8H3.